The topological polar surface area (TPSA) is 111 Å². The second-order valence-corrected chi connectivity index (χ2v) is 8.49. The van der Waals surface area contributed by atoms with Gasteiger partial charge in [0.1, 0.15) is 6.54 Å². The number of hydrogen-bond donors (Lipinski definition) is 1. The molecule has 3 amide bonds. The van der Waals surface area contributed by atoms with E-state index in [2.05, 4.69) is 5.32 Å². The lowest BCUT2D eigenvalue weighted by molar-refractivity contribution is -0.146. The Hall–Kier alpha value is -3.50. The monoisotopic (exact) mass is 518 g/mol. The first-order chi connectivity index (χ1) is 16.8. The highest BCUT2D eigenvalue weighted by molar-refractivity contribution is 8.18. The highest BCUT2D eigenvalue weighted by atomic mass is 35.5. The lowest BCUT2D eigenvalue weighted by Crippen LogP contribution is -2.34. The number of carbonyl (C=O) groups excluding carboxylic acids is 4. The van der Waals surface area contributed by atoms with Crippen LogP contribution in [0, 0.1) is 0 Å². The molecule has 0 saturated carbocycles. The number of hydrogen-bond acceptors (Lipinski definition) is 8. The van der Waals surface area contributed by atoms with Crippen LogP contribution in [0.4, 0.5) is 10.5 Å². The van der Waals surface area contributed by atoms with Gasteiger partial charge in [0, 0.05) is 10.7 Å². The van der Waals surface area contributed by atoms with Gasteiger partial charge >= 0.3 is 5.97 Å². The molecule has 0 unspecified atom stereocenters. The molecule has 0 radical (unpaired) electrons. The van der Waals surface area contributed by atoms with Gasteiger partial charge in [0.25, 0.3) is 17.1 Å². The van der Waals surface area contributed by atoms with Crippen molar-refractivity contribution in [1.29, 1.82) is 0 Å². The maximum absolute atomic E-state index is 12.6. The van der Waals surface area contributed by atoms with Crippen LogP contribution in [0.25, 0.3) is 6.08 Å². The highest BCUT2D eigenvalue weighted by Crippen LogP contribution is 2.34. The smallest absolute Gasteiger partial charge is 0.326 e. The molecule has 0 atom stereocenters. The summed E-state index contributed by atoms with van der Waals surface area (Å²) in [5.41, 5.74) is 1.16. The van der Waals surface area contributed by atoms with Gasteiger partial charge in [0.05, 0.1) is 18.1 Å². The Morgan fingerprint density at radius 3 is 2.46 bits per heavy atom. The van der Waals surface area contributed by atoms with E-state index in [-0.39, 0.29) is 24.0 Å². The molecule has 0 aromatic heterocycles. The van der Waals surface area contributed by atoms with Crippen molar-refractivity contribution >= 4 is 58.1 Å². The molecule has 9 nitrogen and oxygen atoms in total. The second-order valence-electron chi connectivity index (χ2n) is 7.06. The van der Waals surface area contributed by atoms with E-state index in [1.165, 1.54) is 6.08 Å². The fourth-order valence-electron chi connectivity index (χ4n) is 3.00. The van der Waals surface area contributed by atoms with E-state index in [1.54, 1.807) is 56.3 Å². The van der Waals surface area contributed by atoms with Crippen LogP contribution >= 0.6 is 23.4 Å². The van der Waals surface area contributed by atoms with Gasteiger partial charge in [-0.3, -0.25) is 24.1 Å². The van der Waals surface area contributed by atoms with Crippen LogP contribution in [0.5, 0.6) is 11.5 Å². The molecular weight excluding hydrogens is 496 g/mol. The van der Waals surface area contributed by atoms with E-state index in [4.69, 9.17) is 25.8 Å². The van der Waals surface area contributed by atoms with Crippen LogP contribution in [0.2, 0.25) is 5.02 Å². The minimum Gasteiger partial charge on any atom is -0.490 e. The Balaban J connectivity index is 1.68. The zero-order valence-electron chi connectivity index (χ0n) is 19.0. The van der Waals surface area contributed by atoms with Gasteiger partial charge in [-0.2, -0.15) is 0 Å². The molecule has 1 fully saturated rings. The van der Waals surface area contributed by atoms with Gasteiger partial charge in [-0.1, -0.05) is 17.7 Å². The summed E-state index contributed by atoms with van der Waals surface area (Å²) in [6, 6.07) is 11.6. The molecule has 0 aliphatic carbocycles. The molecule has 35 heavy (non-hydrogen) atoms. The first kappa shape index (κ1) is 26.1. The number of carbonyl (C=O) groups is 4. The fourth-order valence-corrected chi connectivity index (χ4v) is 3.96. The lowest BCUT2D eigenvalue weighted by Gasteiger charge is -2.13. The van der Waals surface area contributed by atoms with Crippen LogP contribution in [0.15, 0.2) is 47.4 Å². The summed E-state index contributed by atoms with van der Waals surface area (Å²) in [4.78, 5) is 49.7. The van der Waals surface area contributed by atoms with Crippen molar-refractivity contribution in [2.75, 3.05) is 31.7 Å². The van der Waals surface area contributed by atoms with Gasteiger partial charge in [0.15, 0.2) is 18.1 Å². The van der Waals surface area contributed by atoms with Crippen molar-refractivity contribution < 1.29 is 33.4 Å². The molecule has 11 heteroatoms. The first-order valence-electron chi connectivity index (χ1n) is 10.7. The maximum atomic E-state index is 12.6. The third-order valence-electron chi connectivity index (χ3n) is 4.52. The minimum atomic E-state index is -0.656. The van der Waals surface area contributed by atoms with Crippen molar-refractivity contribution in [3.05, 3.63) is 58.0 Å². The van der Waals surface area contributed by atoms with E-state index in [1.807, 2.05) is 0 Å². The second kappa shape index (κ2) is 12.3. The third kappa shape index (κ3) is 7.24. The number of anilines is 1. The molecule has 0 bridgehead atoms. The average molecular weight is 519 g/mol. The summed E-state index contributed by atoms with van der Waals surface area (Å²) < 4.78 is 16.1. The standard InChI is InChI=1S/C24H23ClN2O7S/c1-3-32-19-11-15(12-20-23(30)27(24(31)35-20)13-22(29)33-4-2)5-10-18(19)34-14-21(28)26-17-8-6-16(25)7-9-17/h5-12H,3-4,13-14H2,1-2H3,(H,26,28)/b20-12-. The number of nitrogens with zero attached hydrogens (tertiary/aromatic N) is 1. The summed E-state index contributed by atoms with van der Waals surface area (Å²) in [7, 11) is 0. The van der Waals surface area contributed by atoms with Crippen molar-refractivity contribution in [3.63, 3.8) is 0 Å². The predicted molar refractivity (Wildman–Crippen MR) is 132 cm³/mol. The number of benzene rings is 2. The number of ether oxygens (including phenoxy) is 3. The van der Waals surface area contributed by atoms with Crippen LogP contribution in [-0.2, 0) is 19.1 Å². The van der Waals surface area contributed by atoms with E-state index in [0.29, 0.717) is 34.4 Å². The van der Waals surface area contributed by atoms with Crippen molar-refractivity contribution in [2.24, 2.45) is 0 Å². The van der Waals surface area contributed by atoms with E-state index < -0.39 is 23.7 Å². The number of nitrogens with one attached hydrogen (secondary N) is 1. The lowest BCUT2D eigenvalue weighted by atomic mass is 10.2. The molecular formula is C24H23ClN2O7S. The Kier molecular flexibility index (Phi) is 9.16. The first-order valence-corrected chi connectivity index (χ1v) is 11.9. The molecule has 2 aromatic rings. The fraction of sp³-hybridized carbons (Fsp3) is 0.250. The summed E-state index contributed by atoms with van der Waals surface area (Å²) in [6.45, 7) is 3.24. The molecule has 2 aromatic carbocycles. The van der Waals surface area contributed by atoms with Crippen molar-refractivity contribution in [3.8, 4) is 11.5 Å². The number of esters is 1. The zero-order chi connectivity index (χ0) is 25.4. The molecule has 184 valence electrons. The number of imide groups is 1. The van der Waals surface area contributed by atoms with Crippen molar-refractivity contribution in [1.82, 2.24) is 4.90 Å². The predicted octanol–water partition coefficient (Wildman–Crippen LogP) is 4.36. The van der Waals surface area contributed by atoms with E-state index >= 15 is 0 Å². The molecule has 1 aliphatic heterocycles. The normalized spacial score (nSPS) is 14.3. The highest BCUT2D eigenvalue weighted by Gasteiger charge is 2.36. The SMILES string of the molecule is CCOC(=O)CN1C(=O)S/C(=C\c2ccc(OCC(=O)Nc3ccc(Cl)cc3)c(OCC)c2)C1=O. The molecule has 3 rings (SSSR count). The van der Waals surface area contributed by atoms with Crippen LogP contribution in [-0.4, -0.2) is 54.3 Å². The van der Waals surface area contributed by atoms with Crippen LogP contribution < -0.4 is 14.8 Å². The summed E-state index contributed by atoms with van der Waals surface area (Å²) >= 11 is 6.58. The van der Waals surface area contributed by atoms with Gasteiger partial charge in [-0.05, 0) is 73.6 Å². The summed E-state index contributed by atoms with van der Waals surface area (Å²) in [6.07, 6.45) is 1.52. The number of rotatable bonds is 10. The summed E-state index contributed by atoms with van der Waals surface area (Å²) in [5, 5.41) is 2.71. The Morgan fingerprint density at radius 2 is 1.77 bits per heavy atom. The molecule has 0 spiro atoms. The Bertz CT molecular complexity index is 1150. The van der Waals surface area contributed by atoms with E-state index in [0.717, 1.165) is 16.7 Å². The largest absolute Gasteiger partial charge is 0.490 e. The molecule has 1 heterocycles. The minimum absolute atomic E-state index is 0.155. The van der Waals surface area contributed by atoms with Gasteiger partial charge in [-0.25, -0.2) is 0 Å². The molecule has 1 saturated heterocycles. The maximum Gasteiger partial charge on any atom is 0.326 e. The molecule has 1 N–H and O–H groups in total. The van der Waals surface area contributed by atoms with Crippen LogP contribution in [0.1, 0.15) is 19.4 Å². The number of amides is 3. The van der Waals surface area contributed by atoms with Gasteiger partial charge < -0.3 is 19.5 Å². The zero-order valence-corrected chi connectivity index (χ0v) is 20.6. The summed E-state index contributed by atoms with van der Waals surface area (Å²) in [5.74, 6) is -0.896. The third-order valence-corrected chi connectivity index (χ3v) is 5.68. The van der Waals surface area contributed by atoms with Crippen LogP contribution in [0.3, 0.4) is 0 Å². The molecule has 1 aliphatic rings. The van der Waals surface area contributed by atoms with Crippen molar-refractivity contribution in [2.45, 2.75) is 13.8 Å². The van der Waals surface area contributed by atoms with Gasteiger partial charge in [-0.15, -0.1) is 0 Å². The number of thioether (sulfide) groups is 1. The Labute approximate surface area is 211 Å². The average Bonchev–Trinajstić information content (AvgIpc) is 3.07. The van der Waals surface area contributed by atoms with E-state index in [9.17, 15) is 19.2 Å². The number of halogens is 1. The van der Waals surface area contributed by atoms with Gasteiger partial charge in [0.2, 0.25) is 0 Å². The Morgan fingerprint density at radius 1 is 1.03 bits per heavy atom. The quantitative estimate of drug-likeness (QED) is 0.365.